The van der Waals surface area contributed by atoms with Crippen molar-refractivity contribution in [2.45, 2.75) is 52.2 Å². The summed E-state index contributed by atoms with van der Waals surface area (Å²) in [5.41, 5.74) is 1.42. The maximum atomic E-state index is 13.2. The third kappa shape index (κ3) is 3.11. The first kappa shape index (κ1) is 14.8. The van der Waals surface area contributed by atoms with E-state index in [0.29, 0.717) is 6.42 Å². The molecule has 1 unspecified atom stereocenters. The number of hydrogen-bond acceptors (Lipinski definition) is 3. The highest BCUT2D eigenvalue weighted by atomic mass is 19.1. The molecule has 4 heteroatoms. The smallest absolute Gasteiger partial charge is 0.329 e. The SMILES string of the molecule is CCC(C(=O)OC(C)(C)C)N1CCc2cc(F)ccc21. The van der Waals surface area contributed by atoms with Gasteiger partial charge in [0.2, 0.25) is 0 Å². The molecule has 0 aliphatic carbocycles. The van der Waals surface area contributed by atoms with Gasteiger partial charge in [0.05, 0.1) is 0 Å². The quantitative estimate of drug-likeness (QED) is 0.795. The van der Waals surface area contributed by atoms with Crippen LogP contribution in [0.2, 0.25) is 0 Å². The zero-order valence-electron chi connectivity index (χ0n) is 12.6. The molecule has 0 amide bonds. The molecule has 0 N–H and O–H groups in total. The van der Waals surface area contributed by atoms with Crippen LogP contribution < -0.4 is 4.90 Å². The number of fused-ring (bicyclic) bond motifs is 1. The molecule has 20 heavy (non-hydrogen) atoms. The van der Waals surface area contributed by atoms with E-state index >= 15 is 0 Å². The van der Waals surface area contributed by atoms with Gasteiger partial charge in [-0.15, -0.1) is 0 Å². The summed E-state index contributed by atoms with van der Waals surface area (Å²) in [4.78, 5) is 14.3. The first-order valence-electron chi connectivity index (χ1n) is 7.10. The predicted molar refractivity (Wildman–Crippen MR) is 77.4 cm³/mol. The first-order valence-corrected chi connectivity index (χ1v) is 7.10. The summed E-state index contributed by atoms with van der Waals surface area (Å²) in [7, 11) is 0. The maximum absolute atomic E-state index is 13.2. The second-order valence-corrected chi connectivity index (χ2v) is 6.17. The van der Waals surface area contributed by atoms with E-state index in [0.717, 1.165) is 24.2 Å². The lowest BCUT2D eigenvalue weighted by atomic mass is 10.1. The van der Waals surface area contributed by atoms with Gasteiger partial charge in [0, 0.05) is 12.2 Å². The molecular formula is C16H22FNO2. The molecule has 0 aromatic heterocycles. The van der Waals surface area contributed by atoms with Crippen molar-refractivity contribution in [3.63, 3.8) is 0 Å². The van der Waals surface area contributed by atoms with Crippen molar-refractivity contribution in [3.05, 3.63) is 29.6 Å². The molecular weight excluding hydrogens is 257 g/mol. The zero-order chi connectivity index (χ0) is 14.9. The second kappa shape index (κ2) is 5.43. The van der Waals surface area contributed by atoms with Crippen LogP contribution in [0.1, 0.15) is 39.7 Å². The molecule has 1 aromatic rings. The number of carbonyl (C=O) groups excluding carboxylic acids is 1. The van der Waals surface area contributed by atoms with Crippen molar-refractivity contribution in [2.24, 2.45) is 0 Å². The Kier molecular flexibility index (Phi) is 4.02. The molecule has 0 bridgehead atoms. The summed E-state index contributed by atoms with van der Waals surface area (Å²) in [5, 5.41) is 0. The minimum Gasteiger partial charge on any atom is -0.458 e. The van der Waals surface area contributed by atoms with E-state index in [-0.39, 0.29) is 17.8 Å². The average Bonchev–Trinajstić information content (AvgIpc) is 2.71. The maximum Gasteiger partial charge on any atom is 0.329 e. The Morgan fingerprint density at radius 1 is 1.45 bits per heavy atom. The highest BCUT2D eigenvalue weighted by Crippen LogP contribution is 2.31. The van der Waals surface area contributed by atoms with Gasteiger partial charge in [0.15, 0.2) is 0 Å². The Bertz CT molecular complexity index is 508. The molecule has 1 aliphatic heterocycles. The number of benzene rings is 1. The minimum absolute atomic E-state index is 0.211. The fourth-order valence-electron chi connectivity index (χ4n) is 2.60. The molecule has 1 aromatic carbocycles. The molecule has 0 saturated heterocycles. The number of rotatable bonds is 3. The van der Waals surface area contributed by atoms with Gasteiger partial charge in [0.1, 0.15) is 17.5 Å². The van der Waals surface area contributed by atoms with Crippen molar-refractivity contribution >= 4 is 11.7 Å². The Labute approximate surface area is 119 Å². The Morgan fingerprint density at radius 3 is 2.75 bits per heavy atom. The number of hydrogen-bond donors (Lipinski definition) is 0. The molecule has 1 atom stereocenters. The van der Waals surface area contributed by atoms with Gasteiger partial charge in [0.25, 0.3) is 0 Å². The molecule has 110 valence electrons. The largest absolute Gasteiger partial charge is 0.458 e. The molecule has 1 aliphatic rings. The minimum atomic E-state index is -0.490. The van der Waals surface area contributed by atoms with E-state index in [9.17, 15) is 9.18 Å². The van der Waals surface area contributed by atoms with Crippen LogP contribution in [0.25, 0.3) is 0 Å². The van der Waals surface area contributed by atoms with Gasteiger partial charge < -0.3 is 9.64 Å². The summed E-state index contributed by atoms with van der Waals surface area (Å²) >= 11 is 0. The summed E-state index contributed by atoms with van der Waals surface area (Å²) in [6.07, 6.45) is 1.44. The van der Waals surface area contributed by atoms with Crippen molar-refractivity contribution in [2.75, 3.05) is 11.4 Å². The van der Waals surface area contributed by atoms with Crippen LogP contribution in [-0.2, 0) is 16.0 Å². The second-order valence-electron chi connectivity index (χ2n) is 6.17. The van der Waals surface area contributed by atoms with Crippen molar-refractivity contribution in [1.29, 1.82) is 0 Å². The standard InChI is InChI=1S/C16H22FNO2/c1-5-13(15(19)20-16(2,3)4)18-9-8-11-10-12(17)6-7-14(11)18/h6-7,10,13H,5,8-9H2,1-4H3. The van der Waals surface area contributed by atoms with E-state index in [1.54, 1.807) is 12.1 Å². The third-order valence-electron chi connectivity index (χ3n) is 3.41. The topological polar surface area (TPSA) is 29.5 Å². The number of nitrogens with zero attached hydrogens (tertiary/aromatic N) is 1. The highest BCUT2D eigenvalue weighted by Gasteiger charge is 2.32. The van der Waals surface area contributed by atoms with Crippen LogP contribution in [0.3, 0.4) is 0 Å². The predicted octanol–water partition coefficient (Wildman–Crippen LogP) is 3.31. The number of halogens is 1. The lowest BCUT2D eigenvalue weighted by Gasteiger charge is -2.30. The molecule has 0 radical (unpaired) electrons. The number of anilines is 1. The van der Waals surface area contributed by atoms with Crippen molar-refractivity contribution in [1.82, 2.24) is 0 Å². The van der Waals surface area contributed by atoms with Gasteiger partial charge in [-0.1, -0.05) is 6.92 Å². The van der Waals surface area contributed by atoms with Crippen molar-refractivity contribution in [3.8, 4) is 0 Å². The fourth-order valence-corrected chi connectivity index (χ4v) is 2.60. The van der Waals surface area contributed by atoms with Gasteiger partial charge >= 0.3 is 5.97 Å². The summed E-state index contributed by atoms with van der Waals surface area (Å²) in [6.45, 7) is 8.30. The Hall–Kier alpha value is -1.58. The van der Waals surface area contributed by atoms with E-state index in [2.05, 4.69) is 0 Å². The Balaban J connectivity index is 2.21. The van der Waals surface area contributed by atoms with E-state index in [4.69, 9.17) is 4.74 Å². The highest BCUT2D eigenvalue weighted by molar-refractivity contribution is 5.81. The molecule has 1 heterocycles. The molecule has 0 spiro atoms. The third-order valence-corrected chi connectivity index (χ3v) is 3.41. The van der Waals surface area contributed by atoms with Crippen LogP contribution in [0.15, 0.2) is 18.2 Å². The van der Waals surface area contributed by atoms with Crippen LogP contribution in [-0.4, -0.2) is 24.2 Å². The number of esters is 1. The van der Waals surface area contributed by atoms with Crippen molar-refractivity contribution < 1.29 is 13.9 Å². The van der Waals surface area contributed by atoms with Crippen LogP contribution in [0.5, 0.6) is 0 Å². The molecule has 0 fully saturated rings. The van der Waals surface area contributed by atoms with Crippen LogP contribution in [0.4, 0.5) is 10.1 Å². The van der Waals surface area contributed by atoms with E-state index in [1.807, 2.05) is 32.6 Å². The Morgan fingerprint density at radius 2 is 2.15 bits per heavy atom. The van der Waals surface area contributed by atoms with E-state index in [1.165, 1.54) is 6.07 Å². The van der Waals surface area contributed by atoms with Gasteiger partial charge in [-0.25, -0.2) is 9.18 Å². The van der Waals surface area contributed by atoms with Gasteiger partial charge in [-0.2, -0.15) is 0 Å². The van der Waals surface area contributed by atoms with Gasteiger partial charge in [-0.05, 0) is 57.4 Å². The normalized spacial score (nSPS) is 15.9. The summed E-state index contributed by atoms with van der Waals surface area (Å²) < 4.78 is 18.7. The average molecular weight is 279 g/mol. The van der Waals surface area contributed by atoms with E-state index < -0.39 is 5.60 Å². The summed E-state index contributed by atoms with van der Waals surface area (Å²) in [5.74, 6) is -0.437. The van der Waals surface area contributed by atoms with Crippen LogP contribution >= 0.6 is 0 Å². The first-order chi connectivity index (χ1) is 9.31. The molecule has 0 saturated carbocycles. The zero-order valence-corrected chi connectivity index (χ0v) is 12.6. The van der Waals surface area contributed by atoms with Crippen LogP contribution in [0, 0.1) is 5.82 Å². The monoisotopic (exact) mass is 279 g/mol. The number of carbonyl (C=O) groups is 1. The lowest BCUT2D eigenvalue weighted by molar-refractivity contribution is -0.156. The fraction of sp³-hybridized carbons (Fsp3) is 0.562. The lowest BCUT2D eigenvalue weighted by Crippen LogP contribution is -2.43. The number of ether oxygens (including phenoxy) is 1. The van der Waals surface area contributed by atoms with Gasteiger partial charge in [-0.3, -0.25) is 0 Å². The molecule has 2 rings (SSSR count). The molecule has 3 nitrogen and oxygen atoms in total. The summed E-state index contributed by atoms with van der Waals surface area (Å²) in [6, 6.07) is 4.45.